The Labute approximate surface area is 108 Å². The van der Waals surface area contributed by atoms with E-state index in [9.17, 15) is 4.79 Å². The summed E-state index contributed by atoms with van der Waals surface area (Å²) in [6.07, 6.45) is 2.15. The standard InChI is InChI=1S/C12H22N4O2/c1-5-10(6-2)7-13-12(17)16(4)8-11-15-14-9(3)18-11/h10H,5-8H2,1-4H3,(H,13,17). The molecule has 1 aromatic heterocycles. The van der Waals surface area contributed by atoms with Gasteiger partial charge in [-0.1, -0.05) is 26.7 Å². The molecule has 2 amide bonds. The van der Waals surface area contributed by atoms with Gasteiger partial charge in [0.2, 0.25) is 11.8 Å². The van der Waals surface area contributed by atoms with Crippen LogP contribution in [0.3, 0.4) is 0 Å². The van der Waals surface area contributed by atoms with E-state index in [2.05, 4.69) is 29.4 Å². The van der Waals surface area contributed by atoms with Gasteiger partial charge in [0, 0.05) is 20.5 Å². The normalized spacial score (nSPS) is 10.7. The van der Waals surface area contributed by atoms with Gasteiger partial charge >= 0.3 is 6.03 Å². The van der Waals surface area contributed by atoms with Gasteiger partial charge in [-0.25, -0.2) is 4.79 Å². The van der Waals surface area contributed by atoms with Gasteiger partial charge in [-0.15, -0.1) is 10.2 Å². The molecule has 1 rings (SSSR count). The molecule has 18 heavy (non-hydrogen) atoms. The molecule has 0 atom stereocenters. The van der Waals surface area contributed by atoms with Gasteiger partial charge < -0.3 is 14.6 Å². The van der Waals surface area contributed by atoms with E-state index in [0.717, 1.165) is 12.8 Å². The quantitative estimate of drug-likeness (QED) is 0.842. The second kappa shape index (κ2) is 6.98. The van der Waals surface area contributed by atoms with Crippen LogP contribution in [0.25, 0.3) is 0 Å². The molecule has 0 fully saturated rings. The minimum Gasteiger partial charge on any atom is -0.424 e. The minimum absolute atomic E-state index is 0.113. The summed E-state index contributed by atoms with van der Waals surface area (Å²) in [4.78, 5) is 13.4. The van der Waals surface area contributed by atoms with E-state index in [1.807, 2.05) is 0 Å². The number of urea groups is 1. The molecule has 0 saturated carbocycles. The van der Waals surface area contributed by atoms with E-state index in [1.165, 1.54) is 4.90 Å². The van der Waals surface area contributed by atoms with Gasteiger partial charge in [-0.2, -0.15) is 0 Å². The van der Waals surface area contributed by atoms with Crippen molar-refractivity contribution < 1.29 is 9.21 Å². The van der Waals surface area contributed by atoms with Crippen molar-refractivity contribution >= 4 is 6.03 Å². The summed E-state index contributed by atoms with van der Waals surface area (Å²) in [6.45, 7) is 7.02. The summed E-state index contributed by atoms with van der Waals surface area (Å²) >= 11 is 0. The average Bonchev–Trinajstić information content (AvgIpc) is 2.75. The third-order valence-electron chi connectivity index (χ3n) is 2.98. The summed E-state index contributed by atoms with van der Waals surface area (Å²) in [5.74, 6) is 1.50. The van der Waals surface area contributed by atoms with Crippen molar-refractivity contribution in [1.82, 2.24) is 20.4 Å². The number of carbonyl (C=O) groups is 1. The van der Waals surface area contributed by atoms with Gasteiger partial charge in [0.05, 0.1) is 0 Å². The molecule has 0 radical (unpaired) electrons. The molecule has 1 N–H and O–H groups in total. The van der Waals surface area contributed by atoms with Crippen molar-refractivity contribution in [2.75, 3.05) is 13.6 Å². The van der Waals surface area contributed by atoms with Gasteiger partial charge in [0.15, 0.2) is 0 Å². The predicted octanol–water partition coefficient (Wildman–Crippen LogP) is 1.96. The molecule has 1 heterocycles. The van der Waals surface area contributed by atoms with E-state index in [1.54, 1.807) is 14.0 Å². The fraction of sp³-hybridized carbons (Fsp3) is 0.750. The molecular weight excluding hydrogens is 232 g/mol. The molecule has 6 nitrogen and oxygen atoms in total. The van der Waals surface area contributed by atoms with Crippen LogP contribution in [0.2, 0.25) is 0 Å². The molecule has 0 spiro atoms. The number of nitrogens with zero attached hydrogens (tertiary/aromatic N) is 3. The molecule has 6 heteroatoms. The number of aryl methyl sites for hydroxylation is 1. The van der Waals surface area contributed by atoms with E-state index < -0.39 is 0 Å². The van der Waals surface area contributed by atoms with Crippen LogP contribution in [0, 0.1) is 12.8 Å². The van der Waals surface area contributed by atoms with Crippen LogP contribution in [-0.2, 0) is 6.54 Å². The summed E-state index contributed by atoms with van der Waals surface area (Å²) in [5, 5.41) is 10.5. The molecule has 0 bridgehead atoms. The molecule has 1 aromatic rings. The first-order valence-corrected chi connectivity index (χ1v) is 6.34. The first-order valence-electron chi connectivity index (χ1n) is 6.34. The largest absolute Gasteiger partial charge is 0.424 e. The van der Waals surface area contributed by atoms with E-state index in [-0.39, 0.29) is 6.03 Å². The number of carbonyl (C=O) groups excluding carboxylic acids is 1. The maximum absolute atomic E-state index is 11.8. The Morgan fingerprint density at radius 1 is 1.39 bits per heavy atom. The van der Waals surface area contributed by atoms with Gasteiger partial charge in [-0.05, 0) is 5.92 Å². The summed E-state index contributed by atoms with van der Waals surface area (Å²) < 4.78 is 5.23. The van der Waals surface area contributed by atoms with Crippen LogP contribution >= 0.6 is 0 Å². The first kappa shape index (κ1) is 14.5. The SMILES string of the molecule is CCC(CC)CNC(=O)N(C)Cc1nnc(C)o1. The zero-order valence-electron chi connectivity index (χ0n) is 11.6. The van der Waals surface area contributed by atoms with E-state index >= 15 is 0 Å². The molecule has 0 aliphatic carbocycles. The number of rotatable bonds is 6. The maximum atomic E-state index is 11.8. The average molecular weight is 254 g/mol. The highest BCUT2D eigenvalue weighted by molar-refractivity contribution is 5.73. The maximum Gasteiger partial charge on any atom is 0.317 e. The van der Waals surface area contributed by atoms with Crippen LogP contribution in [0.5, 0.6) is 0 Å². The van der Waals surface area contributed by atoms with Crippen LogP contribution in [0.1, 0.15) is 38.5 Å². The fourth-order valence-corrected chi connectivity index (χ4v) is 1.62. The lowest BCUT2D eigenvalue weighted by Gasteiger charge is -2.18. The first-order chi connectivity index (χ1) is 8.56. The van der Waals surface area contributed by atoms with Crippen LogP contribution in [0.4, 0.5) is 4.79 Å². The smallest absolute Gasteiger partial charge is 0.317 e. The van der Waals surface area contributed by atoms with Gasteiger partial charge in [0.25, 0.3) is 0 Å². The minimum atomic E-state index is -0.113. The van der Waals surface area contributed by atoms with Crippen molar-refractivity contribution in [3.05, 3.63) is 11.8 Å². The summed E-state index contributed by atoms with van der Waals surface area (Å²) in [7, 11) is 1.71. The van der Waals surface area contributed by atoms with Gasteiger partial charge in [0.1, 0.15) is 6.54 Å². The van der Waals surface area contributed by atoms with Crippen LogP contribution in [0.15, 0.2) is 4.42 Å². The zero-order valence-corrected chi connectivity index (χ0v) is 11.6. The number of hydrogen-bond donors (Lipinski definition) is 1. The van der Waals surface area contributed by atoms with Crippen LogP contribution < -0.4 is 5.32 Å². The topological polar surface area (TPSA) is 71.3 Å². The Morgan fingerprint density at radius 2 is 2.06 bits per heavy atom. The fourth-order valence-electron chi connectivity index (χ4n) is 1.62. The molecule has 102 valence electrons. The predicted molar refractivity (Wildman–Crippen MR) is 68.0 cm³/mol. The Hall–Kier alpha value is -1.59. The highest BCUT2D eigenvalue weighted by atomic mass is 16.4. The molecular formula is C12H22N4O2. The molecule has 0 aromatic carbocycles. The molecule has 0 saturated heterocycles. The number of nitrogens with one attached hydrogen (secondary N) is 1. The Bertz CT molecular complexity index is 374. The van der Waals surface area contributed by atoms with E-state index in [4.69, 9.17) is 4.42 Å². The number of amides is 2. The van der Waals surface area contributed by atoms with Crippen molar-refractivity contribution in [3.8, 4) is 0 Å². The Morgan fingerprint density at radius 3 is 2.56 bits per heavy atom. The van der Waals surface area contributed by atoms with Crippen molar-refractivity contribution in [2.24, 2.45) is 5.92 Å². The molecule has 0 aliphatic rings. The van der Waals surface area contributed by atoms with E-state index in [0.29, 0.717) is 30.8 Å². The number of aromatic nitrogens is 2. The molecule has 0 unspecified atom stereocenters. The van der Waals surface area contributed by atoms with Crippen molar-refractivity contribution in [2.45, 2.75) is 40.2 Å². The highest BCUT2D eigenvalue weighted by Gasteiger charge is 2.13. The third kappa shape index (κ3) is 4.35. The summed E-state index contributed by atoms with van der Waals surface area (Å²) in [5.41, 5.74) is 0. The Balaban J connectivity index is 2.37. The highest BCUT2D eigenvalue weighted by Crippen LogP contribution is 2.06. The van der Waals surface area contributed by atoms with Crippen molar-refractivity contribution in [3.63, 3.8) is 0 Å². The summed E-state index contributed by atoms with van der Waals surface area (Å²) in [6, 6.07) is -0.113. The van der Waals surface area contributed by atoms with Crippen molar-refractivity contribution in [1.29, 1.82) is 0 Å². The lowest BCUT2D eigenvalue weighted by Crippen LogP contribution is -2.39. The Kier molecular flexibility index (Phi) is 5.61. The zero-order chi connectivity index (χ0) is 13.5. The monoisotopic (exact) mass is 254 g/mol. The second-order valence-electron chi connectivity index (χ2n) is 4.44. The lowest BCUT2D eigenvalue weighted by molar-refractivity contribution is 0.199. The van der Waals surface area contributed by atoms with Crippen LogP contribution in [-0.4, -0.2) is 34.7 Å². The third-order valence-corrected chi connectivity index (χ3v) is 2.98. The second-order valence-corrected chi connectivity index (χ2v) is 4.44. The number of hydrogen-bond acceptors (Lipinski definition) is 4. The lowest BCUT2D eigenvalue weighted by atomic mass is 10.0. The molecule has 0 aliphatic heterocycles. The van der Waals surface area contributed by atoms with Gasteiger partial charge in [-0.3, -0.25) is 0 Å².